The van der Waals surface area contributed by atoms with Crippen molar-refractivity contribution in [3.8, 4) is 11.3 Å². The van der Waals surface area contributed by atoms with Gasteiger partial charge in [0.25, 0.3) is 0 Å². The molecule has 3 atom stereocenters. The molecule has 1 aromatic carbocycles. The van der Waals surface area contributed by atoms with Crippen LogP contribution in [-0.4, -0.2) is 40.4 Å². The van der Waals surface area contributed by atoms with Gasteiger partial charge in [0.15, 0.2) is 11.6 Å². The summed E-state index contributed by atoms with van der Waals surface area (Å²) in [6.45, 7) is 1.71. The predicted octanol–water partition coefficient (Wildman–Crippen LogP) is 6.19. The molecule has 0 radical (unpaired) electrons. The number of carboxylic acids is 1. The Hall–Kier alpha value is -2.68. The Morgan fingerprint density at radius 3 is 2.50 bits per heavy atom. The molecule has 7 nitrogen and oxygen atoms in total. The Morgan fingerprint density at radius 1 is 1.19 bits per heavy atom. The zero-order chi connectivity index (χ0) is 25.0. The SMILES string of the molecule is O=C(O)c1cnc(N2C[C@H]3CC(OCc4c(-c5c(Cl)cccc5Cl)noc4C4CC4)C[C@H]3C2)c(F)c1. The van der Waals surface area contributed by atoms with E-state index in [1.165, 1.54) is 6.20 Å². The predicted molar refractivity (Wildman–Crippen MR) is 132 cm³/mol. The second-order valence-corrected chi connectivity index (χ2v) is 10.7. The largest absolute Gasteiger partial charge is 0.478 e. The summed E-state index contributed by atoms with van der Waals surface area (Å²) < 4.78 is 26.6. The number of ether oxygens (including phenoxy) is 1. The number of rotatable bonds is 7. The van der Waals surface area contributed by atoms with Crippen molar-refractivity contribution in [3.63, 3.8) is 0 Å². The number of fused-ring (bicyclic) bond motifs is 1. The smallest absolute Gasteiger partial charge is 0.337 e. The van der Waals surface area contributed by atoms with Gasteiger partial charge < -0.3 is 19.3 Å². The summed E-state index contributed by atoms with van der Waals surface area (Å²) in [6.07, 6.45) is 5.15. The molecule has 2 aliphatic carbocycles. The molecule has 1 aliphatic heterocycles. The molecule has 2 aromatic heterocycles. The third-order valence-corrected chi connectivity index (χ3v) is 8.14. The number of carbonyl (C=O) groups is 1. The Balaban J connectivity index is 1.13. The molecule has 1 saturated heterocycles. The van der Waals surface area contributed by atoms with E-state index < -0.39 is 11.8 Å². The van der Waals surface area contributed by atoms with Gasteiger partial charge in [0.1, 0.15) is 11.5 Å². The Morgan fingerprint density at radius 2 is 1.89 bits per heavy atom. The van der Waals surface area contributed by atoms with E-state index in [1.807, 2.05) is 4.90 Å². The van der Waals surface area contributed by atoms with E-state index in [9.17, 15) is 9.18 Å². The summed E-state index contributed by atoms with van der Waals surface area (Å²) in [7, 11) is 0. The lowest BCUT2D eigenvalue weighted by atomic mass is 10.0. The van der Waals surface area contributed by atoms with Crippen molar-refractivity contribution >= 4 is 35.0 Å². The number of nitrogens with zero attached hydrogens (tertiary/aromatic N) is 3. The van der Waals surface area contributed by atoms with Gasteiger partial charge in [-0.1, -0.05) is 34.4 Å². The Labute approximate surface area is 217 Å². The topological polar surface area (TPSA) is 88.7 Å². The fourth-order valence-electron chi connectivity index (χ4n) is 5.58. The highest BCUT2D eigenvalue weighted by Crippen LogP contribution is 2.47. The third kappa shape index (κ3) is 4.35. The first-order valence-electron chi connectivity index (χ1n) is 12.1. The summed E-state index contributed by atoms with van der Waals surface area (Å²) in [5.41, 5.74) is 2.07. The van der Waals surface area contributed by atoms with Gasteiger partial charge in [0.05, 0.1) is 28.3 Å². The average Bonchev–Trinajstić information content (AvgIpc) is 3.31. The first kappa shape index (κ1) is 23.7. The number of halogens is 3. The van der Waals surface area contributed by atoms with E-state index in [0.29, 0.717) is 58.8 Å². The molecule has 0 bridgehead atoms. The van der Waals surface area contributed by atoms with Crippen LogP contribution in [-0.2, 0) is 11.3 Å². The monoisotopic (exact) mass is 531 g/mol. The molecular weight excluding hydrogens is 508 g/mol. The summed E-state index contributed by atoms with van der Waals surface area (Å²) in [6, 6.07) is 6.41. The summed E-state index contributed by atoms with van der Waals surface area (Å²) in [5, 5.41) is 14.4. The van der Waals surface area contributed by atoms with Gasteiger partial charge in [-0.25, -0.2) is 14.2 Å². The number of benzene rings is 1. The molecule has 1 unspecified atom stereocenters. The molecule has 10 heteroatoms. The highest BCUT2D eigenvalue weighted by molar-refractivity contribution is 6.39. The lowest BCUT2D eigenvalue weighted by molar-refractivity contribution is 0.0402. The lowest BCUT2D eigenvalue weighted by Crippen LogP contribution is -2.25. The van der Waals surface area contributed by atoms with Gasteiger partial charge >= 0.3 is 5.97 Å². The van der Waals surface area contributed by atoms with E-state index >= 15 is 0 Å². The van der Waals surface area contributed by atoms with Crippen molar-refractivity contribution in [2.24, 2.45) is 11.8 Å². The van der Waals surface area contributed by atoms with Crippen LogP contribution in [0, 0.1) is 17.7 Å². The molecule has 2 saturated carbocycles. The number of aromatic nitrogens is 2. The van der Waals surface area contributed by atoms with Crippen molar-refractivity contribution in [2.75, 3.05) is 18.0 Å². The van der Waals surface area contributed by atoms with Gasteiger partial charge in [0, 0.05) is 36.3 Å². The van der Waals surface area contributed by atoms with Gasteiger partial charge in [-0.15, -0.1) is 0 Å². The van der Waals surface area contributed by atoms with E-state index in [4.69, 9.17) is 37.6 Å². The van der Waals surface area contributed by atoms with Crippen molar-refractivity contribution in [1.29, 1.82) is 0 Å². The second-order valence-electron chi connectivity index (χ2n) is 9.91. The van der Waals surface area contributed by atoms with Crippen LogP contribution in [0.5, 0.6) is 0 Å². The van der Waals surface area contributed by atoms with Crippen LogP contribution in [0.2, 0.25) is 10.0 Å². The normalized spacial score (nSPS) is 23.3. The molecule has 36 heavy (non-hydrogen) atoms. The first-order valence-corrected chi connectivity index (χ1v) is 12.8. The number of aromatic carboxylic acids is 1. The molecule has 3 heterocycles. The quantitative estimate of drug-likeness (QED) is 0.388. The minimum Gasteiger partial charge on any atom is -0.478 e. The minimum atomic E-state index is -1.19. The van der Waals surface area contributed by atoms with Gasteiger partial charge in [-0.2, -0.15) is 0 Å². The zero-order valence-electron chi connectivity index (χ0n) is 19.3. The van der Waals surface area contributed by atoms with Crippen LogP contribution in [0.1, 0.15) is 53.3 Å². The van der Waals surface area contributed by atoms with E-state index in [1.54, 1.807) is 18.2 Å². The molecule has 3 aliphatic rings. The van der Waals surface area contributed by atoms with Gasteiger partial charge in [0.2, 0.25) is 0 Å². The third-order valence-electron chi connectivity index (χ3n) is 7.51. The fourth-order valence-corrected chi connectivity index (χ4v) is 6.16. The molecule has 188 valence electrons. The van der Waals surface area contributed by atoms with Gasteiger partial charge in [-0.05, 0) is 55.7 Å². The maximum Gasteiger partial charge on any atom is 0.337 e. The van der Waals surface area contributed by atoms with Crippen LogP contribution < -0.4 is 4.90 Å². The van der Waals surface area contributed by atoms with Crippen LogP contribution in [0.3, 0.4) is 0 Å². The average molecular weight is 532 g/mol. The second kappa shape index (κ2) is 9.32. The maximum atomic E-state index is 14.5. The van der Waals surface area contributed by atoms with E-state index in [-0.39, 0.29) is 17.5 Å². The van der Waals surface area contributed by atoms with Crippen molar-refractivity contribution in [1.82, 2.24) is 10.1 Å². The van der Waals surface area contributed by atoms with Crippen molar-refractivity contribution in [2.45, 2.75) is 44.3 Å². The molecule has 3 fully saturated rings. The Kier molecular flexibility index (Phi) is 6.14. The van der Waals surface area contributed by atoms with Crippen molar-refractivity contribution < 1.29 is 23.6 Å². The van der Waals surface area contributed by atoms with Crippen LogP contribution in [0.4, 0.5) is 10.2 Å². The lowest BCUT2D eigenvalue weighted by Gasteiger charge is -2.21. The van der Waals surface area contributed by atoms with Gasteiger partial charge in [-0.3, -0.25) is 0 Å². The fraction of sp³-hybridized carbons (Fsp3) is 0.423. The standard InChI is InChI=1S/C26H24Cl2FN3O4/c27-19-2-1-3-20(28)22(19)23-18(24(36-31-23)13-4-5-13)12-35-17-6-15-10-32(11-16(15)7-17)25-21(29)8-14(9-30-25)26(33)34/h1-3,8-9,13,15-17H,4-7,10-12H2,(H,33,34)/t15-,16+,17?. The number of carboxylic acid groups (broad SMARTS) is 1. The maximum absolute atomic E-state index is 14.5. The molecule has 1 N–H and O–H groups in total. The van der Waals surface area contributed by atoms with Crippen LogP contribution >= 0.6 is 23.2 Å². The van der Waals surface area contributed by atoms with Crippen LogP contribution in [0.15, 0.2) is 35.0 Å². The molecule has 0 amide bonds. The first-order chi connectivity index (χ1) is 17.4. The van der Waals surface area contributed by atoms with Crippen LogP contribution in [0.25, 0.3) is 11.3 Å². The molecule has 0 spiro atoms. The molecular formula is C26H24Cl2FN3O4. The Bertz CT molecular complexity index is 1290. The number of hydrogen-bond donors (Lipinski definition) is 1. The number of anilines is 1. The molecule has 6 rings (SSSR count). The van der Waals surface area contributed by atoms with Crippen molar-refractivity contribution in [3.05, 3.63) is 63.2 Å². The molecule has 3 aromatic rings. The minimum absolute atomic E-state index is 0.0749. The van der Waals surface area contributed by atoms with E-state index in [0.717, 1.165) is 43.1 Å². The zero-order valence-corrected chi connectivity index (χ0v) is 20.8. The highest BCUT2D eigenvalue weighted by Gasteiger charge is 2.43. The summed E-state index contributed by atoms with van der Waals surface area (Å²) in [4.78, 5) is 17.1. The number of hydrogen-bond acceptors (Lipinski definition) is 6. The number of pyridine rings is 1. The van der Waals surface area contributed by atoms with E-state index in [2.05, 4.69) is 10.1 Å². The summed E-state index contributed by atoms with van der Waals surface area (Å²) >= 11 is 12.9. The highest BCUT2D eigenvalue weighted by atomic mass is 35.5. The summed E-state index contributed by atoms with van der Waals surface area (Å²) in [5.74, 6) is 0.356.